The van der Waals surface area contributed by atoms with Crippen LogP contribution in [0.2, 0.25) is 0 Å². The van der Waals surface area contributed by atoms with Crippen LogP contribution in [0.3, 0.4) is 0 Å². The molecule has 0 saturated heterocycles. The molecule has 0 aromatic carbocycles. The Kier molecular flexibility index (Phi) is 13.1. The van der Waals surface area contributed by atoms with Crippen molar-refractivity contribution in [1.82, 2.24) is 10.6 Å². The highest BCUT2D eigenvalue weighted by molar-refractivity contribution is 5.87. The van der Waals surface area contributed by atoms with E-state index in [4.69, 9.17) is 5.11 Å². The smallest absolute Gasteiger partial charge is 0.325 e. The van der Waals surface area contributed by atoms with Crippen molar-refractivity contribution in [2.24, 2.45) is 0 Å². The van der Waals surface area contributed by atoms with Gasteiger partial charge in [-0.1, -0.05) is 58.3 Å². The molecule has 6 heteroatoms. The van der Waals surface area contributed by atoms with Crippen molar-refractivity contribution in [3.05, 3.63) is 0 Å². The van der Waals surface area contributed by atoms with Gasteiger partial charge in [-0.3, -0.25) is 14.4 Å². The molecule has 23 heavy (non-hydrogen) atoms. The molecule has 0 saturated carbocycles. The first-order valence-corrected chi connectivity index (χ1v) is 8.76. The third-order valence-electron chi connectivity index (χ3n) is 3.70. The number of nitrogens with one attached hydrogen (secondary N) is 2. The Labute approximate surface area is 139 Å². The predicted octanol–water partition coefficient (Wildman–Crippen LogP) is 2.61. The highest BCUT2D eigenvalue weighted by Gasteiger charge is 2.14. The Bertz CT molecular complexity index is 359. The Morgan fingerprint density at radius 1 is 0.870 bits per heavy atom. The Balaban J connectivity index is 3.47. The minimum absolute atomic E-state index is 0.161. The second kappa shape index (κ2) is 14.0. The summed E-state index contributed by atoms with van der Waals surface area (Å²) in [5, 5.41) is 13.4. The van der Waals surface area contributed by atoms with Gasteiger partial charge in [-0.15, -0.1) is 0 Å². The lowest BCUT2D eigenvalue weighted by Crippen LogP contribution is -2.43. The maximum Gasteiger partial charge on any atom is 0.325 e. The van der Waals surface area contributed by atoms with Crippen LogP contribution in [-0.2, 0) is 14.4 Å². The van der Waals surface area contributed by atoms with Crippen LogP contribution >= 0.6 is 0 Å². The summed E-state index contributed by atoms with van der Waals surface area (Å²) in [7, 11) is 0. The molecule has 1 atom stereocenters. The van der Waals surface area contributed by atoms with Gasteiger partial charge in [0.1, 0.15) is 6.04 Å². The fourth-order valence-electron chi connectivity index (χ4n) is 2.22. The van der Waals surface area contributed by atoms with Gasteiger partial charge in [0.15, 0.2) is 0 Å². The summed E-state index contributed by atoms with van der Waals surface area (Å²) in [6.45, 7) is 3.42. The van der Waals surface area contributed by atoms with E-state index in [0.29, 0.717) is 6.42 Å². The third kappa shape index (κ3) is 13.8. The Morgan fingerprint density at radius 3 is 1.91 bits per heavy atom. The first kappa shape index (κ1) is 21.4. The molecule has 0 spiro atoms. The number of carbonyl (C=O) groups is 3. The summed E-state index contributed by atoms with van der Waals surface area (Å²) in [6.07, 6.45) is 11.1. The van der Waals surface area contributed by atoms with E-state index >= 15 is 0 Å². The molecule has 134 valence electrons. The van der Waals surface area contributed by atoms with Crippen LogP contribution in [0.1, 0.15) is 78.1 Å². The quantitative estimate of drug-likeness (QED) is 0.427. The Morgan fingerprint density at radius 2 is 1.39 bits per heavy atom. The first-order chi connectivity index (χ1) is 11.0. The van der Waals surface area contributed by atoms with Gasteiger partial charge in [-0.05, 0) is 13.3 Å². The molecular formula is C17H32N2O4. The number of hydrogen-bond acceptors (Lipinski definition) is 3. The topological polar surface area (TPSA) is 95.5 Å². The molecule has 6 nitrogen and oxygen atoms in total. The number of hydrogen-bond donors (Lipinski definition) is 3. The number of carbonyl (C=O) groups excluding carboxylic acids is 2. The maximum atomic E-state index is 11.6. The van der Waals surface area contributed by atoms with Crippen LogP contribution in [0.4, 0.5) is 0 Å². The van der Waals surface area contributed by atoms with Crippen molar-refractivity contribution in [3.8, 4) is 0 Å². The van der Waals surface area contributed by atoms with Gasteiger partial charge >= 0.3 is 5.97 Å². The fraction of sp³-hybridized carbons (Fsp3) is 0.824. The monoisotopic (exact) mass is 328 g/mol. The van der Waals surface area contributed by atoms with Crippen molar-refractivity contribution >= 4 is 17.8 Å². The zero-order valence-corrected chi connectivity index (χ0v) is 14.5. The molecule has 3 N–H and O–H groups in total. The molecule has 1 unspecified atom stereocenters. The zero-order chi connectivity index (χ0) is 17.5. The molecule has 0 heterocycles. The number of carboxylic acid groups (broad SMARTS) is 1. The fourth-order valence-corrected chi connectivity index (χ4v) is 2.22. The Hall–Kier alpha value is -1.59. The van der Waals surface area contributed by atoms with E-state index < -0.39 is 17.9 Å². The van der Waals surface area contributed by atoms with E-state index in [1.807, 2.05) is 0 Å². The largest absolute Gasteiger partial charge is 0.480 e. The lowest BCUT2D eigenvalue weighted by Gasteiger charge is -2.10. The zero-order valence-electron chi connectivity index (χ0n) is 14.5. The second-order valence-corrected chi connectivity index (χ2v) is 5.98. The average Bonchev–Trinajstić information content (AvgIpc) is 2.51. The van der Waals surface area contributed by atoms with Gasteiger partial charge in [0.05, 0.1) is 6.54 Å². The molecule has 0 aliphatic carbocycles. The van der Waals surface area contributed by atoms with Crippen LogP contribution < -0.4 is 10.6 Å². The second-order valence-electron chi connectivity index (χ2n) is 5.98. The minimum Gasteiger partial charge on any atom is -0.480 e. The van der Waals surface area contributed by atoms with E-state index in [-0.39, 0.29) is 12.5 Å². The van der Waals surface area contributed by atoms with Gasteiger partial charge in [-0.2, -0.15) is 0 Å². The molecule has 2 amide bonds. The molecule has 0 bridgehead atoms. The van der Waals surface area contributed by atoms with Crippen LogP contribution in [0, 0.1) is 0 Å². The summed E-state index contributed by atoms with van der Waals surface area (Å²) in [5.74, 6) is -1.74. The van der Waals surface area contributed by atoms with Crippen LogP contribution in [0.5, 0.6) is 0 Å². The molecule has 0 fully saturated rings. The molecule has 0 radical (unpaired) electrons. The van der Waals surface area contributed by atoms with Gasteiger partial charge in [0.2, 0.25) is 11.8 Å². The van der Waals surface area contributed by atoms with Gasteiger partial charge in [0.25, 0.3) is 0 Å². The molecule has 0 aliphatic heterocycles. The van der Waals surface area contributed by atoms with Crippen molar-refractivity contribution in [2.75, 3.05) is 6.54 Å². The van der Waals surface area contributed by atoms with E-state index in [1.54, 1.807) is 0 Å². The summed E-state index contributed by atoms with van der Waals surface area (Å²) in [4.78, 5) is 33.5. The van der Waals surface area contributed by atoms with E-state index in [0.717, 1.165) is 19.3 Å². The van der Waals surface area contributed by atoms with E-state index in [1.165, 1.54) is 45.4 Å². The molecule has 0 aromatic heterocycles. The van der Waals surface area contributed by atoms with Crippen molar-refractivity contribution in [1.29, 1.82) is 0 Å². The van der Waals surface area contributed by atoms with E-state index in [2.05, 4.69) is 17.6 Å². The number of carboxylic acids is 1. The van der Waals surface area contributed by atoms with Gasteiger partial charge in [-0.25, -0.2) is 0 Å². The highest BCUT2D eigenvalue weighted by atomic mass is 16.4. The summed E-state index contributed by atoms with van der Waals surface area (Å²) in [6, 6.07) is -0.947. The highest BCUT2D eigenvalue weighted by Crippen LogP contribution is 2.10. The van der Waals surface area contributed by atoms with Crippen LogP contribution in [0.25, 0.3) is 0 Å². The van der Waals surface area contributed by atoms with E-state index in [9.17, 15) is 14.4 Å². The number of unbranched alkanes of at least 4 members (excludes halogenated alkanes) is 8. The standard InChI is InChI=1S/C17H32N2O4/c1-3-4-5-6-7-8-9-10-11-12-15(20)18-13-16(21)19-14(2)17(22)23/h14H,3-13H2,1-2H3,(H,18,20)(H,19,21)(H,22,23). The molecule has 0 rings (SSSR count). The van der Waals surface area contributed by atoms with Crippen molar-refractivity contribution in [2.45, 2.75) is 84.1 Å². The molecule has 0 aromatic rings. The maximum absolute atomic E-state index is 11.6. The van der Waals surface area contributed by atoms with Crippen molar-refractivity contribution < 1.29 is 19.5 Å². The van der Waals surface area contributed by atoms with Crippen LogP contribution in [-0.4, -0.2) is 35.5 Å². The minimum atomic E-state index is -1.10. The average molecular weight is 328 g/mol. The molecular weight excluding hydrogens is 296 g/mol. The summed E-state index contributed by atoms with van der Waals surface area (Å²) < 4.78 is 0. The third-order valence-corrected chi connectivity index (χ3v) is 3.70. The van der Waals surface area contributed by atoms with Crippen molar-refractivity contribution in [3.63, 3.8) is 0 Å². The SMILES string of the molecule is CCCCCCCCCCCC(=O)NCC(=O)NC(C)C(=O)O. The number of amides is 2. The first-order valence-electron chi connectivity index (χ1n) is 8.76. The predicted molar refractivity (Wildman–Crippen MR) is 90.1 cm³/mol. The lowest BCUT2D eigenvalue weighted by atomic mass is 10.1. The summed E-state index contributed by atoms with van der Waals surface area (Å²) in [5.41, 5.74) is 0. The number of aliphatic carboxylic acids is 1. The normalized spacial score (nSPS) is 11.7. The van der Waals surface area contributed by atoms with Crippen LogP contribution in [0.15, 0.2) is 0 Å². The molecule has 0 aliphatic rings. The van der Waals surface area contributed by atoms with Gasteiger partial charge in [0, 0.05) is 6.42 Å². The number of rotatable bonds is 14. The van der Waals surface area contributed by atoms with Gasteiger partial charge < -0.3 is 15.7 Å². The summed E-state index contributed by atoms with van der Waals surface area (Å²) >= 11 is 0. The lowest BCUT2D eigenvalue weighted by molar-refractivity contribution is -0.141.